The third-order valence-corrected chi connectivity index (χ3v) is 8.27. The number of hydrazone groups is 1. The van der Waals surface area contributed by atoms with Gasteiger partial charge in [0.2, 0.25) is 0 Å². The summed E-state index contributed by atoms with van der Waals surface area (Å²) < 4.78 is 0. The lowest BCUT2D eigenvalue weighted by atomic mass is 9.92. The van der Waals surface area contributed by atoms with E-state index in [0.717, 1.165) is 51.4 Å². The summed E-state index contributed by atoms with van der Waals surface area (Å²) >= 11 is 0. The lowest BCUT2D eigenvalue weighted by molar-refractivity contribution is 0.554. The van der Waals surface area contributed by atoms with Crippen molar-refractivity contribution in [1.29, 1.82) is 0 Å². The third-order valence-electron chi connectivity index (χ3n) is 8.27. The fourth-order valence-corrected chi connectivity index (χ4v) is 5.92. The molecule has 7 nitrogen and oxygen atoms in total. The van der Waals surface area contributed by atoms with E-state index in [1.54, 1.807) is 5.57 Å². The Balaban J connectivity index is 3.83. The molecule has 0 aliphatic carbocycles. The van der Waals surface area contributed by atoms with E-state index in [1.807, 2.05) is 6.21 Å². The molecule has 0 aromatic rings. The molecular formula is C38H77N7. The zero-order valence-corrected chi connectivity index (χ0v) is 30.9. The fourth-order valence-electron chi connectivity index (χ4n) is 5.92. The summed E-state index contributed by atoms with van der Waals surface area (Å²) in [6, 6.07) is 0. The van der Waals surface area contributed by atoms with Gasteiger partial charge in [-0.2, -0.15) is 10.6 Å². The van der Waals surface area contributed by atoms with Gasteiger partial charge in [-0.25, -0.2) is 5.53 Å². The van der Waals surface area contributed by atoms with E-state index in [9.17, 15) is 0 Å². The molecule has 0 heterocycles. The Morgan fingerprint density at radius 3 is 1.82 bits per heavy atom. The summed E-state index contributed by atoms with van der Waals surface area (Å²) in [7, 11) is 0. The zero-order chi connectivity index (χ0) is 33.2. The highest BCUT2D eigenvalue weighted by atomic mass is 15.6. The summed E-state index contributed by atoms with van der Waals surface area (Å²) in [5, 5.41) is 7.58. The van der Waals surface area contributed by atoms with Crippen LogP contribution in [0.2, 0.25) is 0 Å². The van der Waals surface area contributed by atoms with Crippen LogP contribution in [0.15, 0.2) is 26.7 Å². The molecule has 264 valence electrons. The van der Waals surface area contributed by atoms with Gasteiger partial charge in [0.1, 0.15) is 0 Å². The number of allylic oxidation sites excluding steroid dienone is 2. The number of unbranched alkanes of at least 4 members (excludes halogenated alkanes) is 13. The van der Waals surface area contributed by atoms with Gasteiger partial charge in [-0.05, 0) is 116 Å². The molecule has 0 fully saturated rings. The van der Waals surface area contributed by atoms with Gasteiger partial charge in [-0.3, -0.25) is 15.8 Å². The predicted molar refractivity (Wildman–Crippen MR) is 202 cm³/mol. The first-order valence-corrected chi connectivity index (χ1v) is 19.0. The first-order valence-electron chi connectivity index (χ1n) is 19.0. The van der Waals surface area contributed by atoms with E-state index in [2.05, 4.69) is 69.1 Å². The number of aliphatic imine (C=N–C) groups is 2. The van der Waals surface area contributed by atoms with Crippen LogP contribution in [0.3, 0.4) is 0 Å². The molecule has 1 unspecified atom stereocenters. The van der Waals surface area contributed by atoms with Gasteiger partial charge in [0.15, 0.2) is 0 Å². The van der Waals surface area contributed by atoms with Crippen molar-refractivity contribution < 1.29 is 0 Å². The molecule has 5 N–H and O–H groups in total. The van der Waals surface area contributed by atoms with Crippen molar-refractivity contribution in [2.24, 2.45) is 32.8 Å². The van der Waals surface area contributed by atoms with E-state index >= 15 is 0 Å². The van der Waals surface area contributed by atoms with Gasteiger partial charge < -0.3 is 5.32 Å². The summed E-state index contributed by atoms with van der Waals surface area (Å²) in [4.78, 5) is 9.63. The highest BCUT2D eigenvalue weighted by Crippen LogP contribution is 2.22. The molecule has 0 aromatic carbocycles. The second-order valence-corrected chi connectivity index (χ2v) is 13.8. The van der Waals surface area contributed by atoms with Crippen molar-refractivity contribution in [2.75, 3.05) is 26.2 Å². The van der Waals surface area contributed by atoms with Gasteiger partial charge in [-0.15, -0.1) is 0 Å². The first-order chi connectivity index (χ1) is 21.9. The number of nitrogens with two attached hydrogens (primary N) is 1. The van der Waals surface area contributed by atoms with Gasteiger partial charge >= 0.3 is 0 Å². The predicted octanol–water partition coefficient (Wildman–Crippen LogP) is 9.88. The number of hydrogen-bond acceptors (Lipinski definition) is 7. The van der Waals surface area contributed by atoms with Crippen molar-refractivity contribution in [2.45, 2.75) is 176 Å². The van der Waals surface area contributed by atoms with Crippen LogP contribution >= 0.6 is 0 Å². The molecular weight excluding hydrogens is 554 g/mol. The van der Waals surface area contributed by atoms with Gasteiger partial charge in [0.05, 0.1) is 0 Å². The van der Waals surface area contributed by atoms with Gasteiger partial charge in [0.25, 0.3) is 0 Å². The van der Waals surface area contributed by atoms with Gasteiger partial charge in [0, 0.05) is 30.7 Å². The minimum atomic E-state index is 0.681. The van der Waals surface area contributed by atoms with Crippen molar-refractivity contribution >= 4 is 17.6 Å². The summed E-state index contributed by atoms with van der Waals surface area (Å²) in [5.41, 5.74) is 9.18. The van der Waals surface area contributed by atoms with E-state index < -0.39 is 0 Å². The van der Waals surface area contributed by atoms with Crippen LogP contribution in [-0.4, -0.2) is 43.8 Å². The number of hydrogen-bond donors (Lipinski definition) is 4. The molecule has 0 amide bonds. The topological polar surface area (TPSA) is 99.2 Å². The highest BCUT2D eigenvalue weighted by molar-refractivity contribution is 5.82. The smallest absolute Gasteiger partial charge is 0.0388 e. The van der Waals surface area contributed by atoms with Crippen molar-refractivity contribution in [3.8, 4) is 0 Å². The molecule has 0 radical (unpaired) electrons. The molecule has 45 heavy (non-hydrogen) atoms. The Morgan fingerprint density at radius 2 is 1.22 bits per heavy atom. The molecule has 0 rings (SSSR count). The number of rotatable bonds is 33. The summed E-state index contributed by atoms with van der Waals surface area (Å²) in [6.07, 6.45) is 30.8. The van der Waals surface area contributed by atoms with Crippen LogP contribution < -0.4 is 22.2 Å². The largest absolute Gasteiger partial charge is 0.317 e. The lowest BCUT2D eigenvalue weighted by Gasteiger charge is -2.15. The maximum Gasteiger partial charge on any atom is 0.0388 e. The van der Waals surface area contributed by atoms with Crippen LogP contribution in [0.25, 0.3) is 0 Å². The molecule has 0 spiro atoms. The van der Waals surface area contributed by atoms with E-state index in [0.29, 0.717) is 5.92 Å². The minimum Gasteiger partial charge on any atom is -0.317 e. The summed E-state index contributed by atoms with van der Waals surface area (Å²) in [6.45, 7) is 18.0. The van der Waals surface area contributed by atoms with Crippen LogP contribution in [0.4, 0.5) is 0 Å². The van der Waals surface area contributed by atoms with Crippen LogP contribution in [0.5, 0.6) is 0 Å². The van der Waals surface area contributed by atoms with Crippen molar-refractivity contribution in [3.63, 3.8) is 0 Å². The average Bonchev–Trinajstić information content (AvgIpc) is 2.99. The molecule has 0 bridgehead atoms. The molecule has 1 atom stereocenters. The number of hydrazine groups is 2. The Morgan fingerprint density at radius 1 is 0.667 bits per heavy atom. The van der Waals surface area contributed by atoms with Gasteiger partial charge in [-0.1, -0.05) is 97.1 Å². The SMILES string of the molecule is CCCC=C(CCCCCCCCC=NNNN)CC(C)CC(C)=NCCCCCCNCCCCCCN=C(C)CC(C)C. The molecule has 0 aromatic heterocycles. The normalized spacial score (nSPS) is 13.8. The monoisotopic (exact) mass is 632 g/mol. The Hall–Kier alpha value is -1.57. The van der Waals surface area contributed by atoms with E-state index in [1.165, 1.54) is 127 Å². The quantitative estimate of drug-likeness (QED) is 0.0190. The zero-order valence-electron chi connectivity index (χ0n) is 30.9. The Bertz CT molecular complexity index is 757. The molecule has 0 aliphatic heterocycles. The van der Waals surface area contributed by atoms with Crippen LogP contribution in [0.1, 0.15) is 176 Å². The summed E-state index contributed by atoms with van der Waals surface area (Å²) in [5.74, 6) is 6.51. The standard InChI is InChI=1S/C38H77N7/c1-7-8-24-38(25-18-12-10-9-11-13-23-30-43-45-44-39)33-35(4)32-37(6)42-29-22-17-15-20-27-40-26-19-14-16-21-28-41-36(5)31-34(2)3/h24,30,34-35,40,44-45H,7-23,25-29,31-33,39H2,1-6H3. The van der Waals surface area contributed by atoms with Crippen molar-refractivity contribution in [1.82, 2.24) is 16.4 Å². The first kappa shape index (κ1) is 43.4. The average molecular weight is 632 g/mol. The second-order valence-electron chi connectivity index (χ2n) is 13.8. The highest BCUT2D eigenvalue weighted by Gasteiger charge is 2.08. The molecule has 0 saturated heterocycles. The molecule has 0 saturated carbocycles. The Kier molecular flexibility index (Phi) is 32.6. The fraction of sp³-hybridized carbons (Fsp3) is 0.868. The lowest BCUT2D eigenvalue weighted by Crippen LogP contribution is -2.33. The maximum absolute atomic E-state index is 5.11. The van der Waals surface area contributed by atoms with Crippen LogP contribution in [-0.2, 0) is 0 Å². The minimum absolute atomic E-state index is 0.681. The number of nitrogens with one attached hydrogen (secondary N) is 3. The van der Waals surface area contributed by atoms with Crippen molar-refractivity contribution in [3.05, 3.63) is 11.6 Å². The third kappa shape index (κ3) is 33.6. The van der Waals surface area contributed by atoms with E-state index in [-0.39, 0.29) is 0 Å². The molecule has 0 aliphatic rings. The van der Waals surface area contributed by atoms with Crippen LogP contribution in [0, 0.1) is 11.8 Å². The van der Waals surface area contributed by atoms with E-state index in [4.69, 9.17) is 15.8 Å². The number of nitrogens with zero attached hydrogens (tertiary/aromatic N) is 3. The second kappa shape index (κ2) is 33.8. The maximum atomic E-state index is 5.11. The molecule has 7 heteroatoms. The Labute approximate surface area is 280 Å².